The van der Waals surface area contributed by atoms with Crippen molar-refractivity contribution >= 4 is 0 Å². The van der Waals surface area contributed by atoms with E-state index in [4.69, 9.17) is 5.11 Å². The molecular formula is C11H24N2O. The van der Waals surface area contributed by atoms with Crippen LogP contribution >= 0.6 is 0 Å². The lowest BCUT2D eigenvalue weighted by molar-refractivity contribution is 0.149. The topological polar surface area (TPSA) is 35.5 Å². The molecule has 0 aromatic rings. The molecule has 0 amide bonds. The Labute approximate surface area is 87.5 Å². The number of aliphatic hydroxyl groups is 1. The SMILES string of the molecule is CNC(CO)CN(C)C1CCCCC1. The Balaban J connectivity index is 2.27. The van der Waals surface area contributed by atoms with Gasteiger partial charge in [0.05, 0.1) is 6.61 Å². The Kier molecular flexibility index (Phi) is 5.45. The molecule has 3 nitrogen and oxygen atoms in total. The highest BCUT2D eigenvalue weighted by Crippen LogP contribution is 2.21. The van der Waals surface area contributed by atoms with Crippen LogP contribution in [0.4, 0.5) is 0 Å². The summed E-state index contributed by atoms with van der Waals surface area (Å²) in [6.45, 7) is 1.19. The highest BCUT2D eigenvalue weighted by Gasteiger charge is 2.19. The molecule has 84 valence electrons. The van der Waals surface area contributed by atoms with Crippen molar-refractivity contribution in [2.24, 2.45) is 0 Å². The van der Waals surface area contributed by atoms with Gasteiger partial charge in [0.15, 0.2) is 0 Å². The molecule has 0 bridgehead atoms. The molecule has 1 atom stereocenters. The summed E-state index contributed by atoms with van der Waals surface area (Å²) in [4.78, 5) is 2.40. The molecule has 0 radical (unpaired) electrons. The van der Waals surface area contributed by atoms with Gasteiger partial charge >= 0.3 is 0 Å². The second kappa shape index (κ2) is 6.38. The minimum atomic E-state index is 0.224. The molecule has 1 rings (SSSR count). The Bertz CT molecular complexity index is 142. The lowest BCUT2D eigenvalue weighted by atomic mass is 9.94. The molecule has 0 heterocycles. The third kappa shape index (κ3) is 3.56. The van der Waals surface area contributed by atoms with E-state index < -0.39 is 0 Å². The van der Waals surface area contributed by atoms with Gasteiger partial charge in [0.25, 0.3) is 0 Å². The van der Waals surface area contributed by atoms with E-state index in [1.807, 2.05) is 7.05 Å². The average molecular weight is 200 g/mol. The van der Waals surface area contributed by atoms with Crippen LogP contribution < -0.4 is 5.32 Å². The smallest absolute Gasteiger partial charge is 0.0597 e. The molecule has 1 aliphatic carbocycles. The lowest BCUT2D eigenvalue weighted by Gasteiger charge is -2.33. The van der Waals surface area contributed by atoms with E-state index >= 15 is 0 Å². The number of likely N-dealkylation sites (N-methyl/N-ethyl adjacent to an activating group) is 2. The van der Waals surface area contributed by atoms with Crippen LogP contribution in [0.5, 0.6) is 0 Å². The molecule has 1 unspecified atom stereocenters. The number of nitrogens with one attached hydrogen (secondary N) is 1. The zero-order valence-electron chi connectivity index (χ0n) is 9.50. The van der Waals surface area contributed by atoms with Gasteiger partial charge in [-0.1, -0.05) is 19.3 Å². The predicted molar refractivity (Wildman–Crippen MR) is 59.4 cm³/mol. The maximum Gasteiger partial charge on any atom is 0.0597 e. The van der Waals surface area contributed by atoms with Crippen molar-refractivity contribution in [3.8, 4) is 0 Å². The standard InChI is InChI=1S/C11H24N2O/c1-12-10(9-14)8-13(2)11-6-4-3-5-7-11/h10-12,14H,3-9H2,1-2H3. The van der Waals surface area contributed by atoms with Crippen molar-refractivity contribution in [2.45, 2.75) is 44.2 Å². The molecule has 3 heteroatoms. The van der Waals surface area contributed by atoms with E-state index in [1.165, 1.54) is 32.1 Å². The maximum atomic E-state index is 9.08. The van der Waals surface area contributed by atoms with E-state index in [0.717, 1.165) is 12.6 Å². The number of rotatable bonds is 5. The number of nitrogens with zero attached hydrogens (tertiary/aromatic N) is 1. The van der Waals surface area contributed by atoms with Crippen LogP contribution in [-0.2, 0) is 0 Å². The van der Waals surface area contributed by atoms with Gasteiger partial charge in [0.1, 0.15) is 0 Å². The van der Waals surface area contributed by atoms with Crippen molar-refractivity contribution in [2.75, 3.05) is 27.2 Å². The zero-order valence-corrected chi connectivity index (χ0v) is 9.50. The summed E-state index contributed by atoms with van der Waals surface area (Å²) in [5.41, 5.74) is 0. The second-order valence-electron chi connectivity index (χ2n) is 4.40. The van der Waals surface area contributed by atoms with Crippen LogP contribution in [-0.4, -0.2) is 49.3 Å². The molecule has 0 aromatic carbocycles. The molecule has 14 heavy (non-hydrogen) atoms. The molecule has 2 N–H and O–H groups in total. The first kappa shape index (κ1) is 12.0. The molecule has 0 aromatic heterocycles. The number of aliphatic hydroxyl groups excluding tert-OH is 1. The molecule has 0 saturated heterocycles. The van der Waals surface area contributed by atoms with Crippen LogP contribution in [0, 0.1) is 0 Å². The molecule has 0 aliphatic heterocycles. The van der Waals surface area contributed by atoms with Crippen LogP contribution in [0.15, 0.2) is 0 Å². The van der Waals surface area contributed by atoms with Crippen LogP contribution in [0.1, 0.15) is 32.1 Å². The normalized spacial score (nSPS) is 21.4. The third-order valence-corrected chi connectivity index (χ3v) is 3.34. The minimum Gasteiger partial charge on any atom is -0.395 e. The van der Waals surface area contributed by atoms with Crippen LogP contribution in [0.25, 0.3) is 0 Å². The van der Waals surface area contributed by atoms with Crippen molar-refractivity contribution in [3.63, 3.8) is 0 Å². The van der Waals surface area contributed by atoms with Crippen LogP contribution in [0.3, 0.4) is 0 Å². The second-order valence-corrected chi connectivity index (χ2v) is 4.40. The van der Waals surface area contributed by atoms with E-state index in [0.29, 0.717) is 0 Å². The highest BCUT2D eigenvalue weighted by molar-refractivity contribution is 4.77. The zero-order chi connectivity index (χ0) is 10.4. The maximum absolute atomic E-state index is 9.08. The highest BCUT2D eigenvalue weighted by atomic mass is 16.3. The number of hydrogen-bond acceptors (Lipinski definition) is 3. The van der Waals surface area contributed by atoms with Gasteiger partial charge in [-0.25, -0.2) is 0 Å². The van der Waals surface area contributed by atoms with Crippen molar-refractivity contribution in [1.82, 2.24) is 10.2 Å². The first-order chi connectivity index (χ1) is 6.77. The lowest BCUT2D eigenvalue weighted by Crippen LogP contribution is -2.44. The third-order valence-electron chi connectivity index (χ3n) is 3.34. The summed E-state index contributed by atoms with van der Waals surface area (Å²) in [5.74, 6) is 0. The Morgan fingerprint density at radius 2 is 2.00 bits per heavy atom. The van der Waals surface area contributed by atoms with Gasteiger partial charge in [-0.2, -0.15) is 0 Å². The molecule has 0 spiro atoms. The predicted octanol–water partition coefficient (Wildman–Crippen LogP) is 0.831. The fourth-order valence-corrected chi connectivity index (χ4v) is 2.26. The molecule has 1 aliphatic rings. The Morgan fingerprint density at radius 1 is 1.36 bits per heavy atom. The van der Waals surface area contributed by atoms with E-state index in [2.05, 4.69) is 17.3 Å². The fourth-order valence-electron chi connectivity index (χ4n) is 2.26. The van der Waals surface area contributed by atoms with Gasteiger partial charge in [0, 0.05) is 18.6 Å². The molecule has 1 saturated carbocycles. The summed E-state index contributed by atoms with van der Waals surface area (Å²) in [6.07, 6.45) is 6.81. The van der Waals surface area contributed by atoms with Crippen molar-refractivity contribution < 1.29 is 5.11 Å². The quantitative estimate of drug-likeness (QED) is 0.690. The van der Waals surface area contributed by atoms with Crippen LogP contribution in [0.2, 0.25) is 0 Å². The number of hydrogen-bond donors (Lipinski definition) is 2. The van der Waals surface area contributed by atoms with Gasteiger partial charge in [0.2, 0.25) is 0 Å². The first-order valence-electron chi connectivity index (χ1n) is 5.76. The summed E-state index contributed by atoms with van der Waals surface area (Å²) in [5, 5.41) is 12.2. The van der Waals surface area contributed by atoms with Gasteiger partial charge in [-0.15, -0.1) is 0 Å². The monoisotopic (exact) mass is 200 g/mol. The van der Waals surface area contributed by atoms with E-state index in [9.17, 15) is 0 Å². The average Bonchev–Trinajstić information content (AvgIpc) is 2.26. The minimum absolute atomic E-state index is 0.224. The van der Waals surface area contributed by atoms with E-state index in [-0.39, 0.29) is 12.6 Å². The first-order valence-corrected chi connectivity index (χ1v) is 5.76. The van der Waals surface area contributed by atoms with E-state index in [1.54, 1.807) is 0 Å². The Hall–Kier alpha value is -0.120. The largest absolute Gasteiger partial charge is 0.395 e. The summed E-state index contributed by atoms with van der Waals surface area (Å²) in [7, 11) is 4.09. The van der Waals surface area contributed by atoms with Gasteiger partial charge in [-0.3, -0.25) is 0 Å². The summed E-state index contributed by atoms with van der Waals surface area (Å²) >= 11 is 0. The fraction of sp³-hybridized carbons (Fsp3) is 1.00. The van der Waals surface area contributed by atoms with Gasteiger partial charge < -0.3 is 15.3 Å². The van der Waals surface area contributed by atoms with Crippen molar-refractivity contribution in [1.29, 1.82) is 0 Å². The summed E-state index contributed by atoms with van der Waals surface area (Å²) in [6, 6.07) is 0.966. The van der Waals surface area contributed by atoms with Crippen molar-refractivity contribution in [3.05, 3.63) is 0 Å². The summed E-state index contributed by atoms with van der Waals surface area (Å²) < 4.78 is 0. The Morgan fingerprint density at radius 3 is 2.50 bits per heavy atom. The molecule has 1 fully saturated rings. The molecular weight excluding hydrogens is 176 g/mol. The van der Waals surface area contributed by atoms with Gasteiger partial charge in [-0.05, 0) is 26.9 Å².